The van der Waals surface area contributed by atoms with E-state index in [1.165, 1.54) is 0 Å². The number of fused-ring (bicyclic) bond motifs is 1. The summed E-state index contributed by atoms with van der Waals surface area (Å²) in [6.07, 6.45) is 10.3. The van der Waals surface area contributed by atoms with Crippen LogP contribution in [0.2, 0.25) is 0 Å². The van der Waals surface area contributed by atoms with Gasteiger partial charge >= 0.3 is 0 Å². The van der Waals surface area contributed by atoms with Crippen LogP contribution in [0.25, 0.3) is 22.2 Å². The van der Waals surface area contributed by atoms with Crippen molar-refractivity contribution in [1.82, 2.24) is 20.5 Å². The molecular formula is C24H26N4O. The zero-order valence-corrected chi connectivity index (χ0v) is 17.1. The second-order valence-electron chi connectivity index (χ2n) is 6.93. The molecule has 0 saturated carbocycles. The standard InChI is InChI=1S/C24H26N4O/c1-5-16(3)7-8-18(6-2)15-26-24(29)21-14-17(4)13-20-22(27-28-23(20)21)19-9-11-25-12-10-19/h6-14H,3,5,15H2,1-2,4H3,(H,26,29)(H,27,28)/b8-7-,18-6+. The summed E-state index contributed by atoms with van der Waals surface area (Å²) >= 11 is 0. The first kappa shape index (κ1) is 20.3. The minimum atomic E-state index is -0.134. The van der Waals surface area contributed by atoms with Crippen LogP contribution in [-0.4, -0.2) is 27.6 Å². The number of rotatable bonds is 7. The van der Waals surface area contributed by atoms with E-state index in [0.29, 0.717) is 12.1 Å². The molecular weight excluding hydrogens is 360 g/mol. The maximum atomic E-state index is 12.9. The summed E-state index contributed by atoms with van der Waals surface area (Å²) < 4.78 is 0. The van der Waals surface area contributed by atoms with Crippen LogP contribution in [0.4, 0.5) is 0 Å². The third-order valence-electron chi connectivity index (χ3n) is 4.83. The number of allylic oxidation sites excluding steroid dienone is 3. The van der Waals surface area contributed by atoms with Crippen molar-refractivity contribution in [2.45, 2.75) is 27.2 Å². The smallest absolute Gasteiger partial charge is 0.253 e. The molecule has 3 rings (SSSR count). The minimum absolute atomic E-state index is 0.134. The maximum Gasteiger partial charge on any atom is 0.253 e. The zero-order chi connectivity index (χ0) is 20.8. The van der Waals surface area contributed by atoms with E-state index in [9.17, 15) is 4.79 Å². The molecule has 2 N–H and O–H groups in total. The number of carbonyl (C=O) groups excluding carboxylic acids is 1. The SMILES string of the molecule is C=C(/C=C\C(=C/C)CNC(=O)c1cc(C)cc2c(-c3ccncc3)n[nH]c12)CC. The maximum absolute atomic E-state index is 12.9. The number of pyridine rings is 1. The van der Waals surface area contributed by atoms with Crippen LogP contribution >= 0.6 is 0 Å². The van der Waals surface area contributed by atoms with Gasteiger partial charge in [-0.1, -0.05) is 37.3 Å². The first-order chi connectivity index (χ1) is 14.0. The molecule has 0 atom stereocenters. The molecule has 0 spiro atoms. The Hall–Kier alpha value is -3.47. The van der Waals surface area contributed by atoms with Gasteiger partial charge in [0.15, 0.2) is 0 Å². The number of hydrogen-bond donors (Lipinski definition) is 2. The van der Waals surface area contributed by atoms with Crippen molar-refractivity contribution in [3.05, 3.63) is 83.7 Å². The van der Waals surface area contributed by atoms with E-state index in [1.807, 2.05) is 56.3 Å². The molecule has 1 aromatic carbocycles. The number of carbonyl (C=O) groups is 1. The lowest BCUT2D eigenvalue weighted by Crippen LogP contribution is -2.25. The summed E-state index contributed by atoms with van der Waals surface area (Å²) in [5, 5.41) is 11.4. The summed E-state index contributed by atoms with van der Waals surface area (Å²) in [6.45, 7) is 10.4. The Morgan fingerprint density at radius 1 is 1.24 bits per heavy atom. The highest BCUT2D eigenvalue weighted by atomic mass is 16.1. The van der Waals surface area contributed by atoms with Crippen LogP contribution in [-0.2, 0) is 0 Å². The van der Waals surface area contributed by atoms with Crippen molar-refractivity contribution in [1.29, 1.82) is 0 Å². The molecule has 0 fully saturated rings. The number of aryl methyl sites for hydroxylation is 1. The molecule has 29 heavy (non-hydrogen) atoms. The molecule has 2 aromatic heterocycles. The largest absolute Gasteiger partial charge is 0.348 e. The molecule has 0 bridgehead atoms. The Balaban J connectivity index is 1.86. The molecule has 5 heteroatoms. The number of nitrogens with zero attached hydrogens (tertiary/aromatic N) is 2. The Bertz CT molecular complexity index is 1090. The Morgan fingerprint density at radius 2 is 2.00 bits per heavy atom. The van der Waals surface area contributed by atoms with E-state index in [-0.39, 0.29) is 5.91 Å². The van der Waals surface area contributed by atoms with Crippen molar-refractivity contribution in [2.75, 3.05) is 6.54 Å². The van der Waals surface area contributed by atoms with Crippen molar-refractivity contribution >= 4 is 16.8 Å². The normalized spacial score (nSPS) is 11.9. The topological polar surface area (TPSA) is 70.7 Å². The molecule has 0 radical (unpaired) electrons. The van der Waals surface area contributed by atoms with Crippen LogP contribution in [0.5, 0.6) is 0 Å². The van der Waals surface area contributed by atoms with E-state index in [4.69, 9.17) is 0 Å². The van der Waals surface area contributed by atoms with Crippen molar-refractivity contribution in [3.8, 4) is 11.3 Å². The zero-order valence-electron chi connectivity index (χ0n) is 17.1. The fourth-order valence-electron chi connectivity index (χ4n) is 3.05. The molecule has 0 saturated heterocycles. The average Bonchev–Trinajstić information content (AvgIpc) is 3.17. The molecule has 0 aliphatic heterocycles. The summed E-state index contributed by atoms with van der Waals surface area (Å²) in [5.41, 5.74) is 6.18. The lowest BCUT2D eigenvalue weighted by molar-refractivity contribution is 0.0958. The van der Waals surface area contributed by atoms with Crippen LogP contribution in [0, 0.1) is 6.92 Å². The number of nitrogens with one attached hydrogen (secondary N) is 2. The first-order valence-corrected chi connectivity index (χ1v) is 9.71. The van der Waals surface area contributed by atoms with E-state index in [1.54, 1.807) is 12.4 Å². The molecule has 0 aliphatic rings. The fourth-order valence-corrected chi connectivity index (χ4v) is 3.05. The fraction of sp³-hybridized carbons (Fsp3) is 0.208. The van der Waals surface area contributed by atoms with E-state index >= 15 is 0 Å². The number of hydrogen-bond acceptors (Lipinski definition) is 3. The molecule has 0 unspecified atom stereocenters. The number of amides is 1. The van der Waals surface area contributed by atoms with Crippen molar-refractivity contribution < 1.29 is 4.79 Å². The quantitative estimate of drug-likeness (QED) is 0.553. The highest BCUT2D eigenvalue weighted by Gasteiger charge is 2.16. The highest BCUT2D eigenvalue weighted by Crippen LogP contribution is 2.29. The third kappa shape index (κ3) is 4.69. The predicted molar refractivity (Wildman–Crippen MR) is 119 cm³/mol. The van der Waals surface area contributed by atoms with Gasteiger partial charge in [-0.3, -0.25) is 14.9 Å². The Kier molecular flexibility index (Phi) is 6.39. The van der Waals surface area contributed by atoms with Crippen molar-refractivity contribution in [3.63, 3.8) is 0 Å². The van der Waals surface area contributed by atoms with Crippen LogP contribution in [0.1, 0.15) is 36.2 Å². The molecule has 3 aromatic rings. The number of H-pyrrole nitrogens is 1. The molecule has 5 nitrogen and oxygen atoms in total. The van der Waals surface area contributed by atoms with Gasteiger partial charge in [0.1, 0.15) is 5.69 Å². The lowest BCUT2D eigenvalue weighted by atomic mass is 10.0. The van der Waals surface area contributed by atoms with Gasteiger partial charge in [0.2, 0.25) is 0 Å². The van der Waals surface area contributed by atoms with Crippen LogP contribution in [0.15, 0.2) is 72.6 Å². The van der Waals surface area contributed by atoms with Gasteiger partial charge < -0.3 is 5.32 Å². The number of aromatic nitrogens is 3. The van der Waals surface area contributed by atoms with Crippen LogP contribution < -0.4 is 5.32 Å². The lowest BCUT2D eigenvalue weighted by Gasteiger charge is -2.08. The van der Waals surface area contributed by atoms with Gasteiger partial charge in [0.25, 0.3) is 5.91 Å². The predicted octanol–water partition coefficient (Wildman–Crippen LogP) is 5.13. The summed E-state index contributed by atoms with van der Waals surface area (Å²) in [4.78, 5) is 17.0. The molecule has 2 heterocycles. The van der Waals surface area contributed by atoms with Gasteiger partial charge in [-0.2, -0.15) is 5.10 Å². The molecule has 1 amide bonds. The second kappa shape index (κ2) is 9.15. The van der Waals surface area contributed by atoms with Gasteiger partial charge in [-0.15, -0.1) is 0 Å². The van der Waals surface area contributed by atoms with Gasteiger partial charge in [0, 0.05) is 29.9 Å². The van der Waals surface area contributed by atoms with Gasteiger partial charge in [-0.25, -0.2) is 0 Å². The first-order valence-electron chi connectivity index (χ1n) is 9.71. The third-order valence-corrected chi connectivity index (χ3v) is 4.83. The van der Waals surface area contributed by atoms with E-state index < -0.39 is 0 Å². The van der Waals surface area contributed by atoms with Crippen LogP contribution in [0.3, 0.4) is 0 Å². The highest BCUT2D eigenvalue weighted by molar-refractivity contribution is 6.08. The summed E-state index contributed by atoms with van der Waals surface area (Å²) in [5.74, 6) is -0.134. The van der Waals surface area contributed by atoms with E-state index in [2.05, 4.69) is 34.0 Å². The second-order valence-corrected chi connectivity index (χ2v) is 6.93. The summed E-state index contributed by atoms with van der Waals surface area (Å²) in [7, 11) is 0. The van der Waals surface area contributed by atoms with Gasteiger partial charge in [0.05, 0.1) is 11.1 Å². The van der Waals surface area contributed by atoms with E-state index in [0.717, 1.165) is 45.3 Å². The Morgan fingerprint density at radius 3 is 2.69 bits per heavy atom. The summed E-state index contributed by atoms with van der Waals surface area (Å²) in [6, 6.07) is 7.75. The minimum Gasteiger partial charge on any atom is -0.348 e. The molecule has 148 valence electrons. The average molecular weight is 386 g/mol. The number of benzene rings is 1. The van der Waals surface area contributed by atoms with Crippen molar-refractivity contribution in [2.24, 2.45) is 0 Å². The monoisotopic (exact) mass is 386 g/mol. The number of aromatic amines is 1. The van der Waals surface area contributed by atoms with Gasteiger partial charge in [-0.05, 0) is 55.7 Å². The molecule has 0 aliphatic carbocycles. The Labute approximate surface area is 171 Å².